The maximum Gasteiger partial charge on any atom is 0.167 e. The monoisotopic (exact) mass is 216 g/mol. The lowest BCUT2D eigenvalue weighted by Crippen LogP contribution is -1.89. The molecule has 2 heteroatoms. The van der Waals surface area contributed by atoms with Gasteiger partial charge < -0.3 is 0 Å². The van der Waals surface area contributed by atoms with Gasteiger partial charge in [0, 0.05) is 12.0 Å². The fourth-order valence-electron chi connectivity index (χ4n) is 1.74. The van der Waals surface area contributed by atoms with Crippen LogP contribution < -0.4 is 0 Å². The maximum absolute atomic E-state index is 11.5. The van der Waals surface area contributed by atoms with E-state index in [0.29, 0.717) is 6.42 Å². The third-order valence-corrected chi connectivity index (χ3v) is 2.30. The van der Waals surface area contributed by atoms with Gasteiger partial charge in [-0.15, -0.1) is 0 Å². The Kier molecular flexibility index (Phi) is 4.18. The van der Waals surface area contributed by atoms with E-state index in [1.165, 1.54) is 6.92 Å². The highest BCUT2D eigenvalue weighted by atomic mass is 16.1. The molecule has 0 bridgehead atoms. The van der Waals surface area contributed by atoms with Gasteiger partial charge in [0.25, 0.3) is 0 Å². The molecule has 2 rings (SSSR count). The van der Waals surface area contributed by atoms with Crippen molar-refractivity contribution in [2.45, 2.75) is 27.2 Å². The van der Waals surface area contributed by atoms with Crippen LogP contribution in [0.4, 0.5) is 0 Å². The van der Waals surface area contributed by atoms with Gasteiger partial charge in [-0.1, -0.05) is 38.1 Å². The molecular weight excluding hydrogens is 200 g/mol. The molecular formula is C14H16O2. The van der Waals surface area contributed by atoms with Crippen molar-refractivity contribution < 1.29 is 9.59 Å². The van der Waals surface area contributed by atoms with Crippen LogP contribution in [0.3, 0.4) is 0 Å². The molecule has 0 aliphatic heterocycles. The fourth-order valence-corrected chi connectivity index (χ4v) is 1.74. The SMILES string of the molecule is CC.CC(=O)/C=C1/CC(=O)c2ccccc21. The third-order valence-electron chi connectivity index (χ3n) is 2.30. The molecule has 0 atom stereocenters. The minimum atomic E-state index is -0.00972. The zero-order valence-corrected chi connectivity index (χ0v) is 9.91. The van der Waals surface area contributed by atoms with Crippen molar-refractivity contribution in [3.63, 3.8) is 0 Å². The van der Waals surface area contributed by atoms with E-state index in [4.69, 9.17) is 0 Å². The second-order valence-corrected chi connectivity index (χ2v) is 3.43. The molecule has 0 radical (unpaired) electrons. The molecule has 0 spiro atoms. The molecule has 0 N–H and O–H groups in total. The first kappa shape index (κ1) is 12.4. The van der Waals surface area contributed by atoms with Crippen molar-refractivity contribution in [3.05, 3.63) is 41.5 Å². The summed E-state index contributed by atoms with van der Waals surface area (Å²) < 4.78 is 0. The van der Waals surface area contributed by atoms with Gasteiger partial charge in [0.2, 0.25) is 0 Å². The average Bonchev–Trinajstić information content (AvgIpc) is 2.59. The standard InChI is InChI=1S/C12H10O2.C2H6/c1-8(13)6-9-7-12(14)11-5-3-2-4-10(9)11;1-2/h2-6H,7H2,1H3;1-2H3/b9-6-;. The lowest BCUT2D eigenvalue weighted by molar-refractivity contribution is -0.112. The molecule has 0 saturated heterocycles. The van der Waals surface area contributed by atoms with Crippen LogP contribution >= 0.6 is 0 Å². The van der Waals surface area contributed by atoms with Crippen molar-refractivity contribution in [2.75, 3.05) is 0 Å². The summed E-state index contributed by atoms with van der Waals surface area (Å²) in [6.45, 7) is 5.50. The van der Waals surface area contributed by atoms with E-state index in [1.807, 2.05) is 32.0 Å². The normalized spacial score (nSPS) is 15.4. The number of hydrogen-bond donors (Lipinski definition) is 0. The summed E-state index contributed by atoms with van der Waals surface area (Å²) in [6.07, 6.45) is 1.91. The Morgan fingerprint density at radius 2 is 1.75 bits per heavy atom. The Morgan fingerprint density at radius 1 is 1.19 bits per heavy atom. The average molecular weight is 216 g/mol. The van der Waals surface area contributed by atoms with Gasteiger partial charge in [0.15, 0.2) is 11.6 Å². The minimum absolute atomic E-state index is 0.00972. The second-order valence-electron chi connectivity index (χ2n) is 3.43. The molecule has 1 aliphatic carbocycles. The van der Waals surface area contributed by atoms with Gasteiger partial charge in [-0.05, 0) is 24.1 Å². The van der Waals surface area contributed by atoms with Crippen LogP contribution in [0.1, 0.15) is 43.1 Å². The zero-order chi connectivity index (χ0) is 12.1. The van der Waals surface area contributed by atoms with E-state index in [-0.39, 0.29) is 11.6 Å². The van der Waals surface area contributed by atoms with Gasteiger partial charge in [-0.25, -0.2) is 0 Å². The molecule has 1 aromatic rings. The van der Waals surface area contributed by atoms with Crippen LogP contribution in [0.2, 0.25) is 0 Å². The lowest BCUT2D eigenvalue weighted by Gasteiger charge is -1.96. The van der Waals surface area contributed by atoms with Gasteiger partial charge in [0.1, 0.15) is 0 Å². The predicted molar refractivity (Wildman–Crippen MR) is 65.4 cm³/mol. The summed E-state index contributed by atoms with van der Waals surface area (Å²) in [4.78, 5) is 22.4. The van der Waals surface area contributed by atoms with Crippen molar-refractivity contribution >= 4 is 17.1 Å². The topological polar surface area (TPSA) is 34.1 Å². The van der Waals surface area contributed by atoms with Crippen LogP contribution in [0, 0.1) is 0 Å². The molecule has 0 amide bonds. The van der Waals surface area contributed by atoms with Crippen LogP contribution in [-0.2, 0) is 4.79 Å². The first-order chi connectivity index (χ1) is 7.68. The molecule has 0 saturated carbocycles. The zero-order valence-electron chi connectivity index (χ0n) is 9.91. The number of Topliss-reactive ketones (excluding diaryl/α,β-unsaturated/α-hetero) is 1. The molecule has 0 heterocycles. The Balaban J connectivity index is 0.000000606. The molecule has 0 fully saturated rings. The summed E-state index contributed by atoms with van der Waals surface area (Å²) in [6, 6.07) is 7.41. The van der Waals surface area contributed by atoms with Gasteiger partial charge in [0.05, 0.1) is 0 Å². The number of allylic oxidation sites excluding steroid dienone is 2. The predicted octanol–water partition coefficient (Wildman–Crippen LogP) is 3.27. The summed E-state index contributed by atoms with van der Waals surface area (Å²) in [7, 11) is 0. The molecule has 84 valence electrons. The Labute approximate surface area is 96.0 Å². The Hall–Kier alpha value is -1.70. The van der Waals surface area contributed by atoms with E-state index in [9.17, 15) is 9.59 Å². The van der Waals surface area contributed by atoms with Gasteiger partial charge >= 0.3 is 0 Å². The lowest BCUT2D eigenvalue weighted by atomic mass is 10.1. The van der Waals surface area contributed by atoms with E-state index in [1.54, 1.807) is 12.1 Å². The largest absolute Gasteiger partial charge is 0.295 e. The van der Waals surface area contributed by atoms with Crippen LogP contribution in [-0.4, -0.2) is 11.6 Å². The quantitative estimate of drug-likeness (QED) is 0.675. The third kappa shape index (κ3) is 2.45. The minimum Gasteiger partial charge on any atom is -0.295 e. The number of rotatable bonds is 1. The fraction of sp³-hybridized carbons (Fsp3) is 0.286. The smallest absolute Gasteiger partial charge is 0.167 e. The number of benzene rings is 1. The molecule has 0 unspecified atom stereocenters. The summed E-state index contributed by atoms with van der Waals surface area (Å²) in [5.74, 6) is 0.0950. The highest BCUT2D eigenvalue weighted by Crippen LogP contribution is 2.31. The number of carbonyl (C=O) groups excluding carboxylic acids is 2. The van der Waals surface area contributed by atoms with Crippen molar-refractivity contribution in [2.24, 2.45) is 0 Å². The first-order valence-corrected chi connectivity index (χ1v) is 5.52. The Morgan fingerprint density at radius 3 is 2.31 bits per heavy atom. The summed E-state index contributed by atoms with van der Waals surface area (Å²) >= 11 is 0. The van der Waals surface area contributed by atoms with E-state index < -0.39 is 0 Å². The first-order valence-electron chi connectivity index (χ1n) is 5.52. The van der Waals surface area contributed by atoms with Gasteiger partial charge in [-0.2, -0.15) is 0 Å². The number of carbonyl (C=O) groups is 2. The maximum atomic E-state index is 11.5. The highest BCUT2D eigenvalue weighted by Gasteiger charge is 2.23. The summed E-state index contributed by atoms with van der Waals surface area (Å²) in [5, 5.41) is 0. The van der Waals surface area contributed by atoms with E-state index in [0.717, 1.165) is 16.7 Å². The second kappa shape index (κ2) is 5.40. The number of fused-ring (bicyclic) bond motifs is 1. The van der Waals surface area contributed by atoms with Gasteiger partial charge in [-0.3, -0.25) is 9.59 Å². The number of ketones is 2. The van der Waals surface area contributed by atoms with Crippen LogP contribution in [0.15, 0.2) is 30.3 Å². The molecule has 1 aromatic carbocycles. The van der Waals surface area contributed by atoms with Crippen molar-refractivity contribution in [3.8, 4) is 0 Å². The Bertz CT molecular complexity index is 442. The van der Waals surface area contributed by atoms with Crippen LogP contribution in [0.5, 0.6) is 0 Å². The van der Waals surface area contributed by atoms with Crippen LogP contribution in [0.25, 0.3) is 5.57 Å². The molecule has 1 aliphatic rings. The van der Waals surface area contributed by atoms with E-state index >= 15 is 0 Å². The molecule has 0 aromatic heterocycles. The van der Waals surface area contributed by atoms with E-state index in [2.05, 4.69) is 0 Å². The number of hydrogen-bond acceptors (Lipinski definition) is 2. The van der Waals surface area contributed by atoms with Crippen molar-refractivity contribution in [1.82, 2.24) is 0 Å². The summed E-state index contributed by atoms with van der Waals surface area (Å²) in [5.41, 5.74) is 2.49. The highest BCUT2D eigenvalue weighted by molar-refractivity contribution is 6.14. The molecule has 16 heavy (non-hydrogen) atoms. The molecule has 2 nitrogen and oxygen atoms in total. The van der Waals surface area contributed by atoms with Crippen molar-refractivity contribution in [1.29, 1.82) is 0 Å².